The molecule has 1 rings (SSSR count). The smallest absolute Gasteiger partial charge is 0.238 e. The number of carbonyl (C=O) groups excluding carboxylic acids is 2. The molecule has 0 bridgehead atoms. The Morgan fingerprint density at radius 1 is 1.04 bits per heavy atom. The molecule has 26 heavy (non-hydrogen) atoms. The maximum atomic E-state index is 12.2. The van der Waals surface area contributed by atoms with Gasteiger partial charge in [0, 0.05) is 49.8 Å². The molecule has 0 spiro atoms. The standard InChI is InChI=1S/C19H34N4O3/c1-15(24)21-11-18(2,3)13-26-14-19(4,5)12-22-17(25)16(20)10-23-8-6-7-9-23/h6-9,16H,10-14,20H2,1-5H3,(H,21,24)(H,22,25). The van der Waals surface area contributed by atoms with Crippen molar-refractivity contribution in [3.8, 4) is 0 Å². The molecule has 0 aliphatic carbocycles. The minimum Gasteiger partial charge on any atom is -0.380 e. The van der Waals surface area contributed by atoms with E-state index < -0.39 is 6.04 Å². The lowest BCUT2D eigenvalue weighted by Crippen LogP contribution is -2.47. The van der Waals surface area contributed by atoms with Gasteiger partial charge >= 0.3 is 0 Å². The summed E-state index contributed by atoms with van der Waals surface area (Å²) in [6.45, 7) is 12.2. The molecule has 0 aliphatic heterocycles. The summed E-state index contributed by atoms with van der Waals surface area (Å²) in [5, 5.41) is 5.72. The van der Waals surface area contributed by atoms with E-state index in [0.29, 0.717) is 32.8 Å². The number of hydrogen-bond donors (Lipinski definition) is 3. The summed E-state index contributed by atoms with van der Waals surface area (Å²) in [6, 6.07) is 3.22. The van der Waals surface area contributed by atoms with Crippen molar-refractivity contribution >= 4 is 11.8 Å². The van der Waals surface area contributed by atoms with Gasteiger partial charge < -0.3 is 25.7 Å². The molecule has 4 N–H and O–H groups in total. The molecule has 0 radical (unpaired) electrons. The first-order valence-corrected chi connectivity index (χ1v) is 8.97. The first kappa shape index (κ1) is 22.2. The maximum absolute atomic E-state index is 12.2. The summed E-state index contributed by atoms with van der Waals surface area (Å²) in [7, 11) is 0. The number of carbonyl (C=O) groups is 2. The highest BCUT2D eigenvalue weighted by atomic mass is 16.5. The molecule has 7 nitrogen and oxygen atoms in total. The largest absolute Gasteiger partial charge is 0.380 e. The molecular weight excluding hydrogens is 332 g/mol. The second-order valence-electron chi connectivity index (χ2n) is 8.44. The van der Waals surface area contributed by atoms with Gasteiger partial charge in [0.2, 0.25) is 11.8 Å². The lowest BCUT2D eigenvalue weighted by Gasteiger charge is -2.29. The van der Waals surface area contributed by atoms with Crippen molar-refractivity contribution in [1.82, 2.24) is 15.2 Å². The fourth-order valence-electron chi connectivity index (χ4n) is 2.33. The third-order valence-electron chi connectivity index (χ3n) is 3.95. The summed E-state index contributed by atoms with van der Waals surface area (Å²) in [5.41, 5.74) is 5.59. The van der Waals surface area contributed by atoms with Crippen LogP contribution in [0.2, 0.25) is 0 Å². The summed E-state index contributed by atoms with van der Waals surface area (Å²) in [6.07, 6.45) is 3.77. The van der Waals surface area contributed by atoms with Crippen LogP contribution < -0.4 is 16.4 Å². The van der Waals surface area contributed by atoms with Crippen molar-refractivity contribution in [3.05, 3.63) is 24.5 Å². The van der Waals surface area contributed by atoms with E-state index in [-0.39, 0.29) is 22.6 Å². The Morgan fingerprint density at radius 3 is 2.04 bits per heavy atom. The van der Waals surface area contributed by atoms with Crippen LogP contribution in [0, 0.1) is 10.8 Å². The van der Waals surface area contributed by atoms with Crippen LogP contribution in [-0.4, -0.2) is 48.7 Å². The summed E-state index contributed by atoms with van der Waals surface area (Å²) in [5.74, 6) is -0.213. The Morgan fingerprint density at radius 2 is 1.54 bits per heavy atom. The highest BCUT2D eigenvalue weighted by molar-refractivity contribution is 5.81. The van der Waals surface area contributed by atoms with Crippen LogP contribution >= 0.6 is 0 Å². The van der Waals surface area contributed by atoms with Crippen molar-refractivity contribution in [2.75, 3.05) is 26.3 Å². The number of amides is 2. The molecule has 7 heteroatoms. The fourth-order valence-corrected chi connectivity index (χ4v) is 2.33. The number of nitrogens with one attached hydrogen (secondary N) is 2. The lowest BCUT2D eigenvalue weighted by atomic mass is 9.93. The molecule has 0 saturated heterocycles. The number of ether oxygens (including phenoxy) is 1. The molecule has 0 saturated carbocycles. The van der Waals surface area contributed by atoms with Gasteiger partial charge in [-0.2, -0.15) is 0 Å². The van der Waals surface area contributed by atoms with Gasteiger partial charge in [-0.3, -0.25) is 9.59 Å². The third-order valence-corrected chi connectivity index (χ3v) is 3.95. The number of aromatic nitrogens is 1. The zero-order valence-corrected chi connectivity index (χ0v) is 16.7. The second-order valence-corrected chi connectivity index (χ2v) is 8.44. The Kier molecular flexibility index (Phi) is 8.30. The van der Waals surface area contributed by atoms with E-state index in [4.69, 9.17) is 10.5 Å². The van der Waals surface area contributed by atoms with Crippen LogP contribution in [0.15, 0.2) is 24.5 Å². The molecule has 1 heterocycles. The molecule has 1 atom stereocenters. The summed E-state index contributed by atoms with van der Waals surface area (Å²) in [4.78, 5) is 23.2. The topological polar surface area (TPSA) is 98.4 Å². The first-order valence-electron chi connectivity index (χ1n) is 8.97. The Bertz CT molecular complexity index is 567. The van der Waals surface area contributed by atoms with Gasteiger partial charge in [0.15, 0.2) is 0 Å². The van der Waals surface area contributed by atoms with Crippen LogP contribution in [-0.2, 0) is 20.9 Å². The Hall–Kier alpha value is -1.86. The van der Waals surface area contributed by atoms with Crippen LogP contribution in [0.25, 0.3) is 0 Å². The van der Waals surface area contributed by atoms with Gasteiger partial charge in [-0.25, -0.2) is 0 Å². The van der Waals surface area contributed by atoms with Crippen LogP contribution in [0.1, 0.15) is 34.6 Å². The van der Waals surface area contributed by atoms with E-state index in [1.165, 1.54) is 6.92 Å². The van der Waals surface area contributed by atoms with Crippen LogP contribution in [0.4, 0.5) is 0 Å². The molecule has 0 aromatic carbocycles. The maximum Gasteiger partial charge on any atom is 0.238 e. The number of rotatable bonds is 11. The number of nitrogens with two attached hydrogens (primary N) is 1. The zero-order valence-electron chi connectivity index (χ0n) is 16.7. The quantitative estimate of drug-likeness (QED) is 0.547. The van der Waals surface area contributed by atoms with Gasteiger partial charge in [0.1, 0.15) is 6.04 Å². The first-order chi connectivity index (χ1) is 12.0. The minimum atomic E-state index is -0.587. The van der Waals surface area contributed by atoms with E-state index in [9.17, 15) is 9.59 Å². The van der Waals surface area contributed by atoms with Gasteiger partial charge in [-0.15, -0.1) is 0 Å². The zero-order chi connectivity index (χ0) is 19.8. The Balaban J connectivity index is 2.32. The molecule has 2 amide bonds. The normalized spacial score (nSPS) is 13.3. The molecule has 1 unspecified atom stereocenters. The van der Waals surface area contributed by atoms with Crippen molar-refractivity contribution in [2.24, 2.45) is 16.6 Å². The fraction of sp³-hybridized carbons (Fsp3) is 0.684. The van der Waals surface area contributed by atoms with Crippen LogP contribution in [0.3, 0.4) is 0 Å². The molecule has 0 aliphatic rings. The van der Waals surface area contributed by atoms with E-state index in [1.54, 1.807) is 0 Å². The van der Waals surface area contributed by atoms with Gasteiger partial charge in [-0.05, 0) is 12.1 Å². The summed E-state index contributed by atoms with van der Waals surface area (Å²) < 4.78 is 7.72. The van der Waals surface area contributed by atoms with Gasteiger partial charge in [-0.1, -0.05) is 27.7 Å². The predicted molar refractivity (Wildman–Crippen MR) is 102 cm³/mol. The minimum absolute atomic E-state index is 0.0441. The molecular formula is C19H34N4O3. The molecule has 148 valence electrons. The molecule has 0 fully saturated rings. The third kappa shape index (κ3) is 9.01. The van der Waals surface area contributed by atoms with E-state index in [0.717, 1.165) is 0 Å². The van der Waals surface area contributed by atoms with Crippen molar-refractivity contribution in [1.29, 1.82) is 0 Å². The van der Waals surface area contributed by atoms with Gasteiger partial charge in [0.05, 0.1) is 13.2 Å². The average molecular weight is 367 g/mol. The highest BCUT2D eigenvalue weighted by Gasteiger charge is 2.24. The predicted octanol–water partition coefficient (Wildman–Crippen LogP) is 1.14. The monoisotopic (exact) mass is 366 g/mol. The van der Waals surface area contributed by atoms with Crippen molar-refractivity contribution < 1.29 is 14.3 Å². The van der Waals surface area contributed by atoms with E-state index >= 15 is 0 Å². The van der Waals surface area contributed by atoms with E-state index in [2.05, 4.69) is 10.6 Å². The second kappa shape index (κ2) is 9.73. The van der Waals surface area contributed by atoms with Crippen LogP contribution in [0.5, 0.6) is 0 Å². The summed E-state index contributed by atoms with van der Waals surface area (Å²) >= 11 is 0. The Labute approximate surface area is 156 Å². The number of hydrogen-bond acceptors (Lipinski definition) is 4. The van der Waals surface area contributed by atoms with Crippen molar-refractivity contribution in [3.63, 3.8) is 0 Å². The highest BCUT2D eigenvalue weighted by Crippen LogP contribution is 2.18. The van der Waals surface area contributed by atoms with Gasteiger partial charge in [0.25, 0.3) is 0 Å². The average Bonchev–Trinajstić information content (AvgIpc) is 3.03. The SMILES string of the molecule is CC(=O)NCC(C)(C)COCC(C)(C)CNC(=O)C(N)Cn1cccc1. The lowest BCUT2D eigenvalue weighted by molar-refractivity contribution is -0.123. The molecule has 1 aromatic rings. The number of nitrogens with zero attached hydrogens (tertiary/aromatic N) is 1. The van der Waals surface area contributed by atoms with Crippen molar-refractivity contribution in [2.45, 2.75) is 47.2 Å². The van der Waals surface area contributed by atoms with E-state index in [1.807, 2.05) is 56.8 Å². The molecule has 1 aromatic heterocycles.